The van der Waals surface area contributed by atoms with E-state index in [-0.39, 0.29) is 11.9 Å². The van der Waals surface area contributed by atoms with Crippen molar-refractivity contribution in [1.82, 2.24) is 14.6 Å². The van der Waals surface area contributed by atoms with E-state index in [9.17, 15) is 5.11 Å². The smallest absolute Gasteiger partial charge is 0.235 e. The van der Waals surface area contributed by atoms with Crippen molar-refractivity contribution in [1.29, 1.82) is 0 Å². The maximum absolute atomic E-state index is 10.7. The highest BCUT2D eigenvalue weighted by atomic mass is 32.1. The Balaban J connectivity index is 1.82. The topological polar surface area (TPSA) is 64.1 Å². The second-order valence-corrected chi connectivity index (χ2v) is 7.27. The molecule has 0 saturated carbocycles. The Morgan fingerprint density at radius 2 is 1.92 bits per heavy atom. The number of quaternary nitrogens is 1. The summed E-state index contributed by atoms with van der Waals surface area (Å²) in [5.41, 5.74) is 2.44. The van der Waals surface area contributed by atoms with Crippen molar-refractivity contribution in [2.24, 2.45) is 0 Å². The van der Waals surface area contributed by atoms with E-state index < -0.39 is 0 Å². The Morgan fingerprint density at radius 1 is 1.21 bits per heavy atom. The van der Waals surface area contributed by atoms with E-state index in [4.69, 9.17) is 4.74 Å². The normalized spacial score (nSPS) is 17.4. The molecule has 6 nitrogen and oxygen atoms in total. The molecule has 1 aromatic carbocycles. The molecule has 2 aromatic heterocycles. The van der Waals surface area contributed by atoms with Crippen molar-refractivity contribution in [3.63, 3.8) is 0 Å². The minimum atomic E-state index is 0.0725. The van der Waals surface area contributed by atoms with Gasteiger partial charge in [0.15, 0.2) is 6.04 Å². The summed E-state index contributed by atoms with van der Waals surface area (Å²) in [6.07, 6.45) is 0. The van der Waals surface area contributed by atoms with Crippen molar-refractivity contribution >= 4 is 16.3 Å². The van der Waals surface area contributed by atoms with Crippen LogP contribution in [0.4, 0.5) is 0 Å². The quantitative estimate of drug-likeness (QED) is 0.747. The Morgan fingerprint density at radius 3 is 2.58 bits per heavy atom. The van der Waals surface area contributed by atoms with Gasteiger partial charge in [0.25, 0.3) is 0 Å². The Hall–Kier alpha value is -1.96. The average Bonchev–Trinajstić information content (AvgIpc) is 3.09. The molecule has 7 heteroatoms. The lowest BCUT2D eigenvalue weighted by molar-refractivity contribution is -0.932. The molecule has 0 amide bonds. The number of ether oxygens (including phenoxy) is 1. The van der Waals surface area contributed by atoms with Gasteiger partial charge >= 0.3 is 0 Å². The molecule has 3 heterocycles. The molecule has 24 heavy (non-hydrogen) atoms. The molecule has 126 valence electrons. The summed E-state index contributed by atoms with van der Waals surface area (Å²) in [7, 11) is 0. The molecule has 0 spiro atoms. The zero-order valence-corrected chi connectivity index (χ0v) is 14.6. The number of hydrogen-bond donors (Lipinski definition) is 2. The monoisotopic (exact) mass is 345 g/mol. The third-order valence-electron chi connectivity index (χ3n) is 4.52. The zero-order valence-electron chi connectivity index (χ0n) is 13.8. The van der Waals surface area contributed by atoms with Gasteiger partial charge in [0.2, 0.25) is 10.8 Å². The van der Waals surface area contributed by atoms with Crippen LogP contribution in [0.15, 0.2) is 24.3 Å². The lowest BCUT2D eigenvalue weighted by Crippen LogP contribution is -3.14. The number of hydrogen-bond acceptors (Lipinski definition) is 5. The number of thiazole rings is 1. The van der Waals surface area contributed by atoms with Gasteiger partial charge in [-0.3, -0.25) is 0 Å². The molecule has 0 radical (unpaired) electrons. The van der Waals surface area contributed by atoms with Crippen LogP contribution in [0.25, 0.3) is 4.96 Å². The Kier molecular flexibility index (Phi) is 3.99. The first-order valence-corrected chi connectivity index (χ1v) is 8.99. The summed E-state index contributed by atoms with van der Waals surface area (Å²) in [5, 5.41) is 15.0. The maximum atomic E-state index is 10.7. The molecule has 0 unspecified atom stereocenters. The van der Waals surface area contributed by atoms with Crippen LogP contribution < -0.4 is 4.90 Å². The van der Waals surface area contributed by atoms with Gasteiger partial charge in [-0.25, -0.2) is 4.98 Å². The fourth-order valence-electron chi connectivity index (χ4n) is 3.29. The van der Waals surface area contributed by atoms with Gasteiger partial charge in [-0.05, 0) is 13.8 Å². The van der Waals surface area contributed by atoms with Crippen molar-refractivity contribution in [2.45, 2.75) is 19.9 Å². The minimum absolute atomic E-state index is 0.0725. The number of nitrogens with one attached hydrogen (secondary N) is 1. The van der Waals surface area contributed by atoms with E-state index in [2.05, 4.69) is 41.3 Å². The zero-order chi connectivity index (χ0) is 16.7. The van der Waals surface area contributed by atoms with Crippen molar-refractivity contribution in [2.75, 3.05) is 26.3 Å². The number of aryl methyl sites for hydroxylation is 2. The molecule has 1 atom stereocenters. The first kappa shape index (κ1) is 15.6. The van der Waals surface area contributed by atoms with Gasteiger partial charge in [-0.15, -0.1) is 5.10 Å². The van der Waals surface area contributed by atoms with Crippen LogP contribution in [0, 0.1) is 13.8 Å². The van der Waals surface area contributed by atoms with E-state index in [1.165, 1.54) is 27.4 Å². The molecule has 2 N–H and O–H groups in total. The first-order chi connectivity index (χ1) is 11.6. The number of fused-ring (bicyclic) bond motifs is 1. The van der Waals surface area contributed by atoms with Crippen molar-refractivity contribution in [3.8, 4) is 5.88 Å². The molecular formula is C17H21N4O2S+. The highest BCUT2D eigenvalue weighted by Gasteiger charge is 2.33. The third kappa shape index (κ3) is 2.68. The number of aromatic nitrogens is 3. The van der Waals surface area contributed by atoms with Crippen molar-refractivity contribution in [3.05, 3.63) is 46.1 Å². The first-order valence-electron chi connectivity index (χ1n) is 8.17. The average molecular weight is 345 g/mol. The van der Waals surface area contributed by atoms with Gasteiger partial charge in [-0.2, -0.15) is 4.52 Å². The van der Waals surface area contributed by atoms with Crippen LogP contribution in [0.3, 0.4) is 0 Å². The molecule has 4 rings (SSSR count). The number of aromatic hydroxyl groups is 1. The lowest BCUT2D eigenvalue weighted by Gasteiger charge is -2.31. The molecule has 1 aliphatic heterocycles. The fourth-order valence-corrected chi connectivity index (χ4v) is 4.48. The van der Waals surface area contributed by atoms with Crippen LogP contribution in [-0.4, -0.2) is 46.0 Å². The Labute approximate surface area is 144 Å². The summed E-state index contributed by atoms with van der Waals surface area (Å²) in [6, 6.07) is 8.63. The highest BCUT2D eigenvalue weighted by Crippen LogP contribution is 2.35. The van der Waals surface area contributed by atoms with E-state index >= 15 is 0 Å². The van der Waals surface area contributed by atoms with Crippen molar-refractivity contribution < 1.29 is 14.7 Å². The second-order valence-electron chi connectivity index (χ2n) is 6.26. The number of benzene rings is 1. The number of nitrogens with zero attached hydrogens (tertiary/aromatic N) is 3. The Bertz CT molecular complexity index is 849. The standard InChI is InChI=1S/C17H20N4O2S/c1-11-3-5-13(6-4-11)14(20-7-9-23-10-8-20)15-16(22)21-17(24-15)18-12(2)19-21/h3-6,14,22H,7-10H2,1-2H3/p+1/t14-/m0/s1. The summed E-state index contributed by atoms with van der Waals surface area (Å²) in [5.74, 6) is 0.883. The number of morpholine rings is 1. The summed E-state index contributed by atoms with van der Waals surface area (Å²) in [6.45, 7) is 7.26. The van der Waals surface area contributed by atoms with Gasteiger partial charge in [0.1, 0.15) is 23.8 Å². The van der Waals surface area contributed by atoms with Crippen LogP contribution in [-0.2, 0) is 4.74 Å². The molecule has 3 aromatic rings. The van der Waals surface area contributed by atoms with Crippen LogP contribution in [0.2, 0.25) is 0 Å². The van der Waals surface area contributed by atoms with Gasteiger partial charge in [0.05, 0.1) is 13.2 Å². The van der Waals surface area contributed by atoms with Crippen LogP contribution >= 0.6 is 11.3 Å². The summed E-state index contributed by atoms with van der Waals surface area (Å²) in [4.78, 5) is 7.47. The largest absolute Gasteiger partial charge is 0.492 e. The highest BCUT2D eigenvalue weighted by molar-refractivity contribution is 7.17. The molecule has 1 aliphatic rings. The molecule has 1 saturated heterocycles. The number of rotatable bonds is 3. The minimum Gasteiger partial charge on any atom is -0.492 e. The lowest BCUT2D eigenvalue weighted by atomic mass is 10.0. The van der Waals surface area contributed by atoms with Crippen LogP contribution in [0.5, 0.6) is 5.88 Å². The molecule has 0 bridgehead atoms. The van der Waals surface area contributed by atoms with E-state index in [1.54, 1.807) is 4.52 Å². The van der Waals surface area contributed by atoms with Gasteiger partial charge < -0.3 is 14.7 Å². The van der Waals surface area contributed by atoms with E-state index in [0.29, 0.717) is 5.82 Å². The van der Waals surface area contributed by atoms with Gasteiger partial charge in [0, 0.05) is 5.56 Å². The second kappa shape index (κ2) is 6.16. The van der Waals surface area contributed by atoms with Gasteiger partial charge in [-0.1, -0.05) is 41.2 Å². The summed E-state index contributed by atoms with van der Waals surface area (Å²) >= 11 is 1.52. The maximum Gasteiger partial charge on any atom is 0.235 e. The van der Waals surface area contributed by atoms with E-state index in [1.807, 2.05) is 6.92 Å². The van der Waals surface area contributed by atoms with E-state index in [0.717, 1.165) is 36.1 Å². The molecular weight excluding hydrogens is 324 g/mol. The summed E-state index contributed by atoms with van der Waals surface area (Å²) < 4.78 is 7.07. The third-order valence-corrected chi connectivity index (χ3v) is 5.61. The van der Waals surface area contributed by atoms with Crippen LogP contribution in [0.1, 0.15) is 27.9 Å². The SMILES string of the molecule is Cc1ccc([C@@H](c2sc3nc(C)nn3c2O)[NH+]2CCOCC2)cc1. The fraction of sp³-hybridized carbons (Fsp3) is 0.412. The molecule has 1 fully saturated rings. The predicted molar refractivity (Wildman–Crippen MR) is 91.8 cm³/mol. The predicted octanol–water partition coefficient (Wildman–Crippen LogP) is 1.12. The molecule has 0 aliphatic carbocycles.